The number of hydrogen-bond donors (Lipinski definition) is 1. The van der Waals surface area contributed by atoms with Crippen molar-refractivity contribution >= 4 is 22.6 Å². The predicted octanol–water partition coefficient (Wildman–Crippen LogP) is 2.87. The molecule has 0 aliphatic rings. The zero-order valence-corrected chi connectivity index (χ0v) is 10.8. The van der Waals surface area contributed by atoms with Crippen LogP contribution in [0.5, 0.6) is 0 Å². The maximum Gasteiger partial charge on any atom is 0.411 e. The van der Waals surface area contributed by atoms with Crippen LogP contribution < -0.4 is 5.32 Å². The van der Waals surface area contributed by atoms with Gasteiger partial charge >= 0.3 is 6.09 Å². The Morgan fingerprint density at radius 1 is 1.31 bits per heavy atom. The molecule has 16 heavy (non-hydrogen) atoms. The molecule has 0 spiro atoms. The lowest BCUT2D eigenvalue weighted by Gasteiger charge is -2.03. The van der Waals surface area contributed by atoms with Gasteiger partial charge in [-0.25, -0.2) is 4.79 Å². The van der Waals surface area contributed by atoms with Gasteiger partial charge in [0, 0.05) is 29.1 Å². The van der Waals surface area contributed by atoms with Gasteiger partial charge in [0.05, 0.1) is 7.11 Å². The molecule has 0 aromatic heterocycles. The molecule has 0 radical (unpaired) electrons. The molecule has 1 aromatic rings. The highest BCUT2D eigenvalue weighted by Crippen LogP contribution is 2.11. The molecule has 1 rings (SSSR count). The van der Waals surface area contributed by atoms with Gasteiger partial charge in [-0.15, -0.1) is 0 Å². The zero-order valence-electron chi connectivity index (χ0n) is 9.94. The molecule has 0 saturated heterocycles. The van der Waals surface area contributed by atoms with Gasteiger partial charge in [0.15, 0.2) is 0 Å². The quantitative estimate of drug-likeness (QED) is 0.871. The maximum absolute atomic E-state index is 11.0. The van der Waals surface area contributed by atoms with Gasteiger partial charge in [-0.05, 0) is 24.3 Å². The third kappa shape index (κ3) is 4.93. The molecule has 0 bridgehead atoms. The van der Waals surface area contributed by atoms with Gasteiger partial charge in [0.25, 0.3) is 0 Å². The minimum atomic E-state index is -0.996. The van der Waals surface area contributed by atoms with E-state index in [-0.39, 0.29) is 1.43 Å². The molecule has 0 aliphatic heterocycles. The summed E-state index contributed by atoms with van der Waals surface area (Å²) in [6.07, 6.45) is 1.08. The average molecular weight is 245 g/mol. The fourth-order valence-electron chi connectivity index (χ4n) is 0.899. The highest BCUT2D eigenvalue weighted by molar-refractivity contribution is 7.84. The number of methoxy groups -OCH3 is 1. The van der Waals surface area contributed by atoms with E-state index in [0.717, 1.165) is 4.90 Å². The van der Waals surface area contributed by atoms with E-state index >= 15 is 0 Å². The normalized spacial score (nSPS) is 10.8. The molecule has 92 valence electrons. The van der Waals surface area contributed by atoms with Crippen LogP contribution in [0.2, 0.25) is 0 Å². The van der Waals surface area contributed by atoms with Gasteiger partial charge in [-0.1, -0.05) is 13.8 Å². The summed E-state index contributed by atoms with van der Waals surface area (Å²) in [7, 11) is 0.301. The van der Waals surface area contributed by atoms with Crippen LogP contribution in [-0.2, 0) is 15.5 Å². The Morgan fingerprint density at radius 3 is 2.19 bits per heavy atom. The molecule has 0 saturated carbocycles. The minimum absolute atomic E-state index is 0. The molecule has 4 nitrogen and oxygen atoms in total. The van der Waals surface area contributed by atoms with E-state index < -0.39 is 16.9 Å². The molecule has 1 aromatic carbocycles. The van der Waals surface area contributed by atoms with E-state index in [1.54, 1.807) is 30.5 Å². The Hall–Kier alpha value is -1.36. The Morgan fingerprint density at radius 2 is 1.81 bits per heavy atom. The average Bonchev–Trinajstić information content (AvgIpc) is 2.32. The Kier molecular flexibility index (Phi) is 7.20. The first-order chi connectivity index (χ1) is 7.63. The van der Waals surface area contributed by atoms with Crippen molar-refractivity contribution in [3.63, 3.8) is 0 Å². The second-order valence-electron chi connectivity index (χ2n) is 2.60. The van der Waals surface area contributed by atoms with E-state index in [0.29, 0.717) is 5.69 Å². The van der Waals surface area contributed by atoms with E-state index in [4.69, 9.17) is 0 Å². The van der Waals surface area contributed by atoms with Crippen LogP contribution >= 0.6 is 0 Å². The van der Waals surface area contributed by atoms with Crippen LogP contribution in [0, 0.1) is 0 Å². The van der Waals surface area contributed by atoms with Crippen LogP contribution in [0.25, 0.3) is 0 Å². The highest BCUT2D eigenvalue weighted by atomic mass is 32.2. The Bertz CT molecular complexity index is 354. The number of carbonyl (C=O) groups is 1. The maximum atomic E-state index is 11.0. The SMILES string of the molecule is CC.COC(=O)Nc1ccc(S(C)=O)cc1.[HH]. The first-order valence-corrected chi connectivity index (χ1v) is 6.47. The first-order valence-electron chi connectivity index (χ1n) is 4.92. The van der Waals surface area contributed by atoms with E-state index in [1.165, 1.54) is 7.11 Å². The largest absolute Gasteiger partial charge is 0.453 e. The summed E-state index contributed by atoms with van der Waals surface area (Å²) in [5.74, 6) is 0. The number of rotatable bonds is 2. The molecule has 1 unspecified atom stereocenters. The van der Waals surface area contributed by atoms with Gasteiger partial charge in [0.2, 0.25) is 0 Å². The molecule has 5 heteroatoms. The second kappa shape index (κ2) is 7.87. The van der Waals surface area contributed by atoms with Crippen LogP contribution in [0.1, 0.15) is 15.3 Å². The van der Waals surface area contributed by atoms with Crippen LogP contribution in [0.4, 0.5) is 10.5 Å². The fraction of sp³-hybridized carbons (Fsp3) is 0.364. The van der Waals surface area contributed by atoms with E-state index in [1.807, 2.05) is 13.8 Å². The number of hydrogen-bond acceptors (Lipinski definition) is 3. The van der Waals surface area contributed by atoms with E-state index in [9.17, 15) is 9.00 Å². The number of anilines is 1. The number of benzene rings is 1. The Balaban J connectivity index is 0. The lowest BCUT2D eigenvalue weighted by atomic mass is 10.3. The van der Waals surface area contributed by atoms with E-state index in [2.05, 4.69) is 10.1 Å². The lowest BCUT2D eigenvalue weighted by Crippen LogP contribution is -2.10. The predicted molar refractivity (Wildman–Crippen MR) is 68.3 cm³/mol. The molecule has 0 heterocycles. The smallest absolute Gasteiger partial charge is 0.411 e. The zero-order chi connectivity index (χ0) is 12.6. The third-order valence-electron chi connectivity index (χ3n) is 1.62. The number of carbonyl (C=O) groups excluding carboxylic acids is 1. The van der Waals surface area contributed by atoms with Crippen molar-refractivity contribution in [2.24, 2.45) is 0 Å². The summed E-state index contributed by atoms with van der Waals surface area (Å²) >= 11 is 0. The van der Waals surface area contributed by atoms with Gasteiger partial charge in [0.1, 0.15) is 0 Å². The van der Waals surface area contributed by atoms with Crippen molar-refractivity contribution in [1.82, 2.24) is 0 Å². The van der Waals surface area contributed by atoms with Crippen LogP contribution in [0.3, 0.4) is 0 Å². The van der Waals surface area contributed by atoms with Crippen molar-refractivity contribution in [1.29, 1.82) is 0 Å². The standard InChI is InChI=1S/C9H11NO3S.C2H6.H2/c1-13-9(11)10-7-3-5-8(6-4-7)14(2)12;1-2;/h3-6H,1-2H3,(H,10,11);1-2H3;1H. The molecule has 1 amide bonds. The fourth-order valence-corrected chi connectivity index (χ4v) is 1.42. The van der Waals surface area contributed by atoms with Gasteiger partial charge in [-0.2, -0.15) is 0 Å². The summed E-state index contributed by atoms with van der Waals surface area (Å²) in [4.78, 5) is 11.5. The summed E-state index contributed by atoms with van der Waals surface area (Å²) in [5, 5.41) is 2.50. The van der Waals surface area contributed by atoms with Gasteiger partial charge < -0.3 is 4.74 Å². The molecule has 0 aliphatic carbocycles. The Labute approximate surface area is 99.9 Å². The van der Waals surface area contributed by atoms with Gasteiger partial charge in [-0.3, -0.25) is 9.53 Å². The number of nitrogens with one attached hydrogen (secondary N) is 1. The molecule has 0 fully saturated rings. The molecular weight excluding hydrogens is 226 g/mol. The van der Waals surface area contributed by atoms with Crippen molar-refractivity contribution in [2.45, 2.75) is 18.7 Å². The second-order valence-corrected chi connectivity index (χ2v) is 3.97. The van der Waals surface area contributed by atoms with Crippen molar-refractivity contribution in [3.05, 3.63) is 24.3 Å². The first kappa shape index (κ1) is 14.6. The van der Waals surface area contributed by atoms with Crippen molar-refractivity contribution < 1.29 is 15.2 Å². The molecular formula is C11H19NO3S. The number of ether oxygens (including phenoxy) is 1. The van der Waals surface area contributed by atoms with Crippen LogP contribution in [0.15, 0.2) is 29.2 Å². The summed E-state index contributed by atoms with van der Waals surface area (Å²) in [5.41, 5.74) is 0.617. The molecule has 1 atom stereocenters. The molecule has 1 N–H and O–H groups in total. The van der Waals surface area contributed by atoms with Crippen molar-refractivity contribution in [2.75, 3.05) is 18.7 Å². The topological polar surface area (TPSA) is 55.4 Å². The minimum Gasteiger partial charge on any atom is -0.453 e. The summed E-state index contributed by atoms with van der Waals surface area (Å²) in [6.45, 7) is 4.00. The number of amides is 1. The third-order valence-corrected chi connectivity index (χ3v) is 2.55. The monoisotopic (exact) mass is 245 g/mol. The lowest BCUT2D eigenvalue weighted by molar-refractivity contribution is 0.187. The highest BCUT2D eigenvalue weighted by Gasteiger charge is 2.01. The van der Waals surface area contributed by atoms with Crippen molar-refractivity contribution in [3.8, 4) is 0 Å². The summed E-state index contributed by atoms with van der Waals surface area (Å²) in [6, 6.07) is 6.74. The van der Waals surface area contributed by atoms with Crippen LogP contribution in [-0.4, -0.2) is 23.7 Å². The summed E-state index contributed by atoms with van der Waals surface area (Å²) < 4.78 is 15.5.